The SMILES string of the molecule is Cc1ccc(-c2c(P(=O)(c3ccc(C)cc3)c3ccc(C)cc3)cn3c2Cc2ccccc2-3)cc1. The third kappa shape index (κ3) is 3.52. The maximum absolute atomic E-state index is 15.5. The number of nitrogens with zero attached hydrogens (tertiary/aromatic N) is 1. The summed E-state index contributed by atoms with van der Waals surface area (Å²) in [7, 11) is -3.15. The van der Waals surface area contributed by atoms with Crippen molar-refractivity contribution in [2.24, 2.45) is 0 Å². The van der Waals surface area contributed by atoms with Gasteiger partial charge in [-0.25, -0.2) is 0 Å². The number of para-hydroxylation sites is 1. The minimum absolute atomic E-state index is 0.835. The Morgan fingerprint density at radius 1 is 0.657 bits per heavy atom. The third-order valence-electron chi connectivity index (χ3n) is 7.17. The molecule has 0 spiro atoms. The van der Waals surface area contributed by atoms with E-state index in [1.54, 1.807) is 0 Å². The molecule has 5 aromatic rings. The normalized spacial score (nSPS) is 12.4. The summed E-state index contributed by atoms with van der Waals surface area (Å²) in [4.78, 5) is 0. The average molecular weight is 474 g/mol. The van der Waals surface area contributed by atoms with E-state index in [1.807, 2.05) is 24.3 Å². The van der Waals surface area contributed by atoms with E-state index >= 15 is 4.57 Å². The van der Waals surface area contributed by atoms with Gasteiger partial charge in [-0.3, -0.25) is 0 Å². The van der Waals surface area contributed by atoms with Crippen molar-refractivity contribution >= 4 is 23.1 Å². The van der Waals surface area contributed by atoms with E-state index in [0.717, 1.165) is 44.6 Å². The summed E-state index contributed by atoms with van der Waals surface area (Å²) in [6, 6.07) is 33.6. The number of rotatable bonds is 4. The lowest BCUT2D eigenvalue weighted by Crippen LogP contribution is -2.26. The molecular weight excluding hydrogens is 445 g/mol. The largest absolute Gasteiger partial charge is 0.319 e. The summed E-state index contributed by atoms with van der Waals surface area (Å²) in [5, 5.41) is 2.66. The van der Waals surface area contributed by atoms with Crippen LogP contribution in [0.15, 0.2) is 103 Å². The Bertz CT molecular complexity index is 1540. The van der Waals surface area contributed by atoms with Crippen molar-refractivity contribution in [3.63, 3.8) is 0 Å². The first-order chi connectivity index (χ1) is 16.9. The third-order valence-corrected chi connectivity index (χ3v) is 10.2. The van der Waals surface area contributed by atoms with Crippen LogP contribution in [0.1, 0.15) is 27.9 Å². The quantitative estimate of drug-likeness (QED) is 0.264. The van der Waals surface area contributed by atoms with Crippen LogP contribution >= 0.6 is 7.14 Å². The van der Waals surface area contributed by atoms with Crippen LogP contribution in [0.3, 0.4) is 0 Å². The summed E-state index contributed by atoms with van der Waals surface area (Å²) in [5.41, 5.74) is 9.47. The Kier molecular flexibility index (Phi) is 5.16. The molecule has 0 saturated heterocycles. The lowest BCUT2D eigenvalue weighted by atomic mass is 10.0. The smallest absolute Gasteiger partial charge is 0.173 e. The molecule has 0 N–H and O–H groups in total. The fourth-order valence-corrected chi connectivity index (χ4v) is 8.05. The molecule has 1 aliphatic heterocycles. The van der Waals surface area contributed by atoms with E-state index in [0.29, 0.717) is 0 Å². The van der Waals surface area contributed by atoms with Crippen LogP contribution in [0.25, 0.3) is 16.8 Å². The Balaban J connectivity index is 1.69. The van der Waals surface area contributed by atoms with Crippen molar-refractivity contribution in [2.45, 2.75) is 27.2 Å². The second kappa shape index (κ2) is 8.26. The van der Waals surface area contributed by atoms with Crippen LogP contribution in [0, 0.1) is 20.8 Å². The fraction of sp³-hybridized carbons (Fsp3) is 0.125. The van der Waals surface area contributed by atoms with Crippen molar-refractivity contribution in [3.05, 3.63) is 131 Å². The summed E-state index contributed by atoms with van der Waals surface area (Å²) in [5.74, 6) is 0. The monoisotopic (exact) mass is 473 g/mol. The second-order valence-corrected chi connectivity index (χ2v) is 12.4. The van der Waals surface area contributed by atoms with Crippen LogP contribution in [0.5, 0.6) is 0 Å². The van der Waals surface area contributed by atoms with Gasteiger partial charge in [0.05, 0.1) is 0 Å². The highest BCUT2D eigenvalue weighted by atomic mass is 31.2. The van der Waals surface area contributed by atoms with E-state index in [1.165, 1.54) is 22.5 Å². The molecule has 0 saturated carbocycles. The van der Waals surface area contributed by atoms with Gasteiger partial charge in [0.25, 0.3) is 0 Å². The number of hydrogen-bond acceptors (Lipinski definition) is 1. The van der Waals surface area contributed by atoms with Gasteiger partial charge in [-0.15, -0.1) is 0 Å². The standard InChI is InChI=1S/C32H28NOP/c1-22-8-14-25(15-9-22)32-30-20-26-6-4-5-7-29(26)33(30)21-31(32)35(34,27-16-10-23(2)11-17-27)28-18-12-24(3)13-19-28/h4-19,21H,20H2,1-3H3. The maximum atomic E-state index is 15.5. The molecule has 2 nitrogen and oxygen atoms in total. The molecule has 0 bridgehead atoms. The minimum atomic E-state index is -3.15. The Hall–Kier alpha value is -3.61. The van der Waals surface area contributed by atoms with Crippen LogP contribution in [-0.2, 0) is 11.0 Å². The highest BCUT2D eigenvalue weighted by molar-refractivity contribution is 7.85. The molecule has 1 aliphatic rings. The predicted octanol–water partition coefficient (Wildman–Crippen LogP) is 6.61. The molecule has 0 aliphatic carbocycles. The van der Waals surface area contributed by atoms with E-state index in [-0.39, 0.29) is 0 Å². The van der Waals surface area contributed by atoms with Crippen LogP contribution in [-0.4, -0.2) is 4.57 Å². The molecule has 0 amide bonds. The van der Waals surface area contributed by atoms with E-state index in [4.69, 9.17) is 0 Å². The van der Waals surface area contributed by atoms with E-state index < -0.39 is 7.14 Å². The van der Waals surface area contributed by atoms with Gasteiger partial charge in [-0.2, -0.15) is 0 Å². The fourth-order valence-electron chi connectivity index (χ4n) is 5.21. The van der Waals surface area contributed by atoms with Gasteiger partial charge < -0.3 is 9.13 Å². The molecule has 6 rings (SSSR count). The molecule has 2 heterocycles. The van der Waals surface area contributed by atoms with Gasteiger partial charge in [0.15, 0.2) is 7.14 Å². The first-order valence-corrected chi connectivity index (χ1v) is 13.8. The molecule has 0 radical (unpaired) electrons. The number of aromatic nitrogens is 1. The zero-order valence-corrected chi connectivity index (χ0v) is 21.2. The number of hydrogen-bond donors (Lipinski definition) is 0. The molecule has 35 heavy (non-hydrogen) atoms. The Morgan fingerprint density at radius 2 is 1.17 bits per heavy atom. The van der Waals surface area contributed by atoms with Crippen molar-refractivity contribution < 1.29 is 4.57 Å². The molecule has 1 aromatic heterocycles. The predicted molar refractivity (Wildman–Crippen MR) is 148 cm³/mol. The van der Waals surface area contributed by atoms with Crippen LogP contribution in [0.4, 0.5) is 0 Å². The molecule has 0 atom stereocenters. The van der Waals surface area contributed by atoms with Gasteiger partial charge in [-0.05, 0) is 38.0 Å². The zero-order valence-electron chi connectivity index (χ0n) is 20.3. The van der Waals surface area contributed by atoms with Gasteiger partial charge in [-0.1, -0.05) is 108 Å². The van der Waals surface area contributed by atoms with E-state index in [9.17, 15) is 0 Å². The van der Waals surface area contributed by atoms with Gasteiger partial charge in [0.1, 0.15) is 0 Å². The number of fused-ring (bicyclic) bond motifs is 3. The zero-order chi connectivity index (χ0) is 24.2. The van der Waals surface area contributed by atoms with Gasteiger partial charge in [0.2, 0.25) is 0 Å². The highest BCUT2D eigenvalue weighted by Gasteiger charge is 2.37. The van der Waals surface area contributed by atoms with Gasteiger partial charge in [0, 0.05) is 45.5 Å². The second-order valence-electron chi connectivity index (χ2n) is 9.66. The topological polar surface area (TPSA) is 22.0 Å². The molecule has 4 aromatic carbocycles. The van der Waals surface area contributed by atoms with Crippen molar-refractivity contribution in [1.82, 2.24) is 4.57 Å². The Morgan fingerprint density at radius 3 is 1.74 bits per heavy atom. The maximum Gasteiger partial charge on any atom is 0.173 e. The van der Waals surface area contributed by atoms with Crippen molar-refractivity contribution in [1.29, 1.82) is 0 Å². The Labute approximate surface area is 207 Å². The minimum Gasteiger partial charge on any atom is -0.319 e. The number of aryl methyl sites for hydroxylation is 3. The highest BCUT2D eigenvalue weighted by Crippen LogP contribution is 2.48. The molecule has 0 fully saturated rings. The van der Waals surface area contributed by atoms with E-state index in [2.05, 4.69) is 104 Å². The lowest BCUT2D eigenvalue weighted by molar-refractivity contribution is 0.592. The molecule has 0 unspecified atom stereocenters. The summed E-state index contributed by atoms with van der Waals surface area (Å²) in [6.45, 7) is 6.25. The van der Waals surface area contributed by atoms with Crippen LogP contribution in [0.2, 0.25) is 0 Å². The lowest BCUT2D eigenvalue weighted by Gasteiger charge is -2.21. The summed E-state index contributed by atoms with van der Waals surface area (Å²) in [6.07, 6.45) is 2.98. The van der Waals surface area contributed by atoms with Gasteiger partial charge >= 0.3 is 0 Å². The first kappa shape index (κ1) is 21.9. The van der Waals surface area contributed by atoms with Crippen molar-refractivity contribution in [3.8, 4) is 16.8 Å². The molecule has 172 valence electrons. The average Bonchev–Trinajstić information content (AvgIpc) is 3.42. The first-order valence-electron chi connectivity index (χ1n) is 12.1. The summed E-state index contributed by atoms with van der Waals surface area (Å²) >= 11 is 0. The molecule has 3 heteroatoms. The van der Waals surface area contributed by atoms with Crippen molar-refractivity contribution in [2.75, 3.05) is 0 Å². The van der Waals surface area contributed by atoms with Crippen LogP contribution < -0.4 is 15.9 Å². The summed E-state index contributed by atoms with van der Waals surface area (Å²) < 4.78 is 17.8. The molecular formula is C32H28NOP. The number of benzene rings is 4.